The first-order chi connectivity index (χ1) is 3.41. The average Bonchev–Trinajstić information content (AvgIpc) is 1.78. The summed E-state index contributed by atoms with van der Waals surface area (Å²) in [7, 11) is 2.00. The van der Waals surface area contributed by atoms with Crippen LogP contribution in [0.4, 0.5) is 0 Å². The summed E-state index contributed by atoms with van der Waals surface area (Å²) in [5.41, 5.74) is 0. The summed E-state index contributed by atoms with van der Waals surface area (Å²) in [5, 5.41) is 14.0. The van der Waals surface area contributed by atoms with E-state index in [0.29, 0.717) is 0 Å². The molecule has 0 saturated carbocycles. The molecule has 4 heteroatoms. The summed E-state index contributed by atoms with van der Waals surface area (Å²) in [4.78, 5) is 0. The van der Waals surface area contributed by atoms with Gasteiger partial charge in [0.05, 0.1) is 0 Å². The maximum absolute atomic E-state index is 7.00. The molecule has 0 aliphatic carbocycles. The van der Waals surface area contributed by atoms with Crippen LogP contribution in [0.3, 0.4) is 0 Å². The fourth-order valence-electron chi connectivity index (χ4n) is 0. The minimum Gasteiger partial charge on any atom is -0.400 e. The minimum atomic E-state index is 0. The number of hydrogen-bond donors (Lipinski definition) is 2. The maximum Gasteiger partial charge on any atom is 0.0319 e. The average molecular weight is 209 g/mol. The van der Waals surface area contributed by atoms with Crippen LogP contribution in [-0.2, 0) is 19.5 Å². The fraction of sp³-hybridized carbons (Fsp3) is 0.800. The Morgan fingerprint density at radius 1 is 1.11 bits per heavy atom. The molecule has 0 spiro atoms. The summed E-state index contributed by atoms with van der Waals surface area (Å²) >= 11 is 0. The Hall–Kier alpha value is 0.833. The van der Waals surface area contributed by atoms with Crippen molar-refractivity contribution < 1.29 is 29.7 Å². The van der Waals surface area contributed by atoms with Crippen LogP contribution in [0.25, 0.3) is 0 Å². The summed E-state index contributed by atoms with van der Waals surface area (Å²) < 4.78 is 0. The molecule has 2 N–H and O–H groups in total. The zero-order chi connectivity index (χ0) is 6.71. The molecule has 0 aromatic heterocycles. The van der Waals surface area contributed by atoms with Gasteiger partial charge in [0.25, 0.3) is 0 Å². The molecule has 0 fully saturated rings. The molecule has 0 rings (SSSR count). The van der Waals surface area contributed by atoms with Gasteiger partial charge in [0.1, 0.15) is 0 Å². The molecule has 0 bridgehead atoms. The van der Waals surface area contributed by atoms with Gasteiger partial charge in [-0.2, -0.15) is 6.42 Å². The van der Waals surface area contributed by atoms with E-state index in [1.165, 1.54) is 0 Å². The predicted octanol–water partition coefficient (Wildman–Crippen LogP) is 0.867. The molecule has 0 atom stereocenters. The third-order valence-corrected chi connectivity index (χ3v) is 0. The first-order valence-electron chi connectivity index (χ1n) is 2.10. The second-order valence-corrected chi connectivity index (χ2v) is 0.500. The third kappa shape index (κ3) is 594. The van der Waals surface area contributed by atoms with E-state index < -0.39 is 0 Å². The zero-order valence-electron chi connectivity index (χ0n) is 6.42. The van der Waals surface area contributed by atoms with Crippen LogP contribution in [0.2, 0.25) is 0 Å². The van der Waals surface area contributed by atoms with Crippen molar-refractivity contribution in [3.63, 3.8) is 0 Å². The van der Waals surface area contributed by atoms with Crippen LogP contribution in [0, 0.1) is 6.92 Å². The van der Waals surface area contributed by atoms with Crippen molar-refractivity contribution >= 4 is 12.4 Å². The van der Waals surface area contributed by atoms with Gasteiger partial charge in [0.15, 0.2) is 0 Å². The van der Waals surface area contributed by atoms with E-state index in [4.69, 9.17) is 10.2 Å². The normalized spacial score (nSPS) is 3.33. The molecule has 0 saturated heterocycles. The van der Waals surface area contributed by atoms with E-state index in [1.807, 2.05) is 6.92 Å². The summed E-state index contributed by atoms with van der Waals surface area (Å²) in [5.74, 6) is 0. The number of rotatable bonds is 0. The van der Waals surface area contributed by atoms with Crippen LogP contribution in [0.15, 0.2) is 0 Å². The zero-order valence-corrected chi connectivity index (χ0v) is 10.2. The van der Waals surface area contributed by atoms with Gasteiger partial charge in [0.2, 0.25) is 0 Å². The maximum atomic E-state index is 7.00. The number of hydrogen-bond acceptors (Lipinski definition) is 2. The van der Waals surface area contributed by atoms with Gasteiger partial charge in [0, 0.05) is 33.7 Å². The van der Waals surface area contributed by atoms with Crippen LogP contribution in [0.1, 0.15) is 13.3 Å². The minimum absolute atomic E-state index is 0. The van der Waals surface area contributed by atoms with E-state index in [-0.39, 0.29) is 31.9 Å². The topological polar surface area (TPSA) is 40.5 Å². The molecule has 0 aliphatic rings. The molecule has 9 heavy (non-hydrogen) atoms. The monoisotopic (exact) mass is 207 g/mol. The smallest absolute Gasteiger partial charge is 0.0319 e. The predicted molar refractivity (Wildman–Crippen MR) is 39.2 cm³/mol. The van der Waals surface area contributed by atoms with Crippen LogP contribution < -0.4 is 0 Å². The van der Waals surface area contributed by atoms with Gasteiger partial charge in [-0.15, -0.1) is 12.4 Å². The second-order valence-electron chi connectivity index (χ2n) is 0.500. The fourth-order valence-corrected chi connectivity index (χ4v) is 0. The van der Waals surface area contributed by atoms with Crippen molar-refractivity contribution in [1.29, 1.82) is 0 Å². The van der Waals surface area contributed by atoms with Gasteiger partial charge in [-0.1, -0.05) is 6.92 Å². The molecule has 0 amide bonds. The molecule has 2 nitrogen and oxygen atoms in total. The third-order valence-electron chi connectivity index (χ3n) is 0. The molecule has 0 aromatic rings. The summed E-state index contributed by atoms with van der Waals surface area (Å²) in [6.45, 7) is 5.50. The molecule has 0 unspecified atom stereocenters. The standard InChI is InChI=1S/C3H7.2CH4O.ClH.Zn/c1-3-2;2*1-2;;/h1,3H2,2H3;2*2H,1H3;1H;/q-1;;;;. The summed E-state index contributed by atoms with van der Waals surface area (Å²) in [6.07, 6.45) is 1.00. The Morgan fingerprint density at radius 2 is 1.11 bits per heavy atom. The van der Waals surface area contributed by atoms with E-state index in [2.05, 4.69) is 6.92 Å². The van der Waals surface area contributed by atoms with Crippen molar-refractivity contribution in [2.24, 2.45) is 0 Å². The Balaban J connectivity index is -0.00000000825. The van der Waals surface area contributed by atoms with Gasteiger partial charge in [-0.05, 0) is 0 Å². The van der Waals surface area contributed by atoms with Gasteiger partial charge < -0.3 is 17.1 Å². The number of aliphatic hydroxyl groups excluding tert-OH is 2. The first-order valence-corrected chi connectivity index (χ1v) is 2.10. The van der Waals surface area contributed by atoms with Crippen molar-refractivity contribution in [1.82, 2.24) is 0 Å². The first kappa shape index (κ1) is 32.8. The van der Waals surface area contributed by atoms with Crippen molar-refractivity contribution in [3.8, 4) is 0 Å². The van der Waals surface area contributed by atoms with Crippen molar-refractivity contribution in [2.45, 2.75) is 13.3 Å². The molecule has 0 aromatic carbocycles. The second kappa shape index (κ2) is 161. The van der Waals surface area contributed by atoms with Crippen LogP contribution in [-0.4, -0.2) is 24.4 Å². The molecular weight excluding hydrogens is 193 g/mol. The van der Waals surface area contributed by atoms with Crippen LogP contribution in [0.5, 0.6) is 0 Å². The Morgan fingerprint density at radius 3 is 1.11 bits per heavy atom. The molecule has 0 aliphatic heterocycles. The molecular formula is C5H16ClO2Zn-. The molecule has 58 valence electrons. The Kier molecular flexibility index (Phi) is 588. The van der Waals surface area contributed by atoms with Gasteiger partial charge in [-0.3, -0.25) is 0 Å². The molecule has 0 heterocycles. The number of halogens is 1. The van der Waals surface area contributed by atoms with E-state index in [1.54, 1.807) is 0 Å². The number of aliphatic hydroxyl groups is 2. The molecule has 0 radical (unpaired) electrons. The van der Waals surface area contributed by atoms with E-state index in [9.17, 15) is 0 Å². The quantitative estimate of drug-likeness (QED) is 0.459. The Labute approximate surface area is 76.8 Å². The van der Waals surface area contributed by atoms with E-state index in [0.717, 1.165) is 20.6 Å². The Bertz CT molecular complexity index is 14.9. The largest absolute Gasteiger partial charge is 0.400 e. The van der Waals surface area contributed by atoms with E-state index >= 15 is 0 Å². The van der Waals surface area contributed by atoms with Crippen LogP contribution >= 0.6 is 12.4 Å². The van der Waals surface area contributed by atoms with Crippen molar-refractivity contribution in [2.75, 3.05) is 14.2 Å². The summed E-state index contributed by atoms with van der Waals surface area (Å²) in [6, 6.07) is 0. The van der Waals surface area contributed by atoms with Crippen molar-refractivity contribution in [3.05, 3.63) is 6.92 Å². The van der Waals surface area contributed by atoms with Gasteiger partial charge >= 0.3 is 0 Å². The SMILES string of the molecule is CO.CO.Cl.[CH2-]CC.[Zn]. The van der Waals surface area contributed by atoms with Gasteiger partial charge in [-0.25, -0.2) is 0 Å².